The Balaban J connectivity index is 1.87. The summed E-state index contributed by atoms with van der Waals surface area (Å²) in [6, 6.07) is 5.37. The third-order valence-corrected chi connectivity index (χ3v) is 7.31. The number of piperazine rings is 1. The van der Waals surface area contributed by atoms with Crippen LogP contribution in [-0.2, 0) is 19.6 Å². The molecule has 0 aromatic carbocycles. The maximum Gasteiger partial charge on any atom is 0.329 e. The number of thiophene rings is 1. The first-order chi connectivity index (χ1) is 12.4. The highest BCUT2D eigenvalue weighted by atomic mass is 32.2. The van der Waals surface area contributed by atoms with E-state index in [1.807, 2.05) is 0 Å². The Morgan fingerprint density at radius 2 is 2.08 bits per heavy atom. The van der Waals surface area contributed by atoms with E-state index in [9.17, 15) is 18.0 Å². The van der Waals surface area contributed by atoms with Gasteiger partial charge in [0.05, 0.1) is 12.7 Å². The van der Waals surface area contributed by atoms with Gasteiger partial charge in [-0.3, -0.25) is 9.78 Å². The molecule has 0 radical (unpaired) electrons. The van der Waals surface area contributed by atoms with Gasteiger partial charge in [0.1, 0.15) is 10.3 Å². The second-order valence-corrected chi connectivity index (χ2v) is 8.69. The predicted molar refractivity (Wildman–Crippen MR) is 94.2 cm³/mol. The minimum absolute atomic E-state index is 0.0814. The zero-order valence-corrected chi connectivity index (χ0v) is 15.6. The topological polar surface area (TPSA) is 96.9 Å². The van der Waals surface area contributed by atoms with Gasteiger partial charge in [0, 0.05) is 32.0 Å². The van der Waals surface area contributed by atoms with E-state index < -0.39 is 22.0 Å². The maximum atomic E-state index is 12.7. The molecular weight excluding hydrogens is 378 g/mol. The van der Waals surface area contributed by atoms with Crippen LogP contribution in [0.3, 0.4) is 0 Å². The Labute approximate surface area is 155 Å². The first-order valence-electron chi connectivity index (χ1n) is 7.77. The van der Waals surface area contributed by atoms with Crippen molar-refractivity contribution < 1.29 is 22.7 Å². The Kier molecular flexibility index (Phi) is 5.35. The monoisotopic (exact) mass is 395 g/mol. The molecule has 0 saturated carbocycles. The summed E-state index contributed by atoms with van der Waals surface area (Å²) in [5.41, 5.74) is 0.330. The van der Waals surface area contributed by atoms with Crippen LogP contribution in [0.2, 0.25) is 0 Å². The van der Waals surface area contributed by atoms with Gasteiger partial charge in [0.2, 0.25) is 0 Å². The number of sulfonamides is 1. The lowest BCUT2D eigenvalue weighted by Gasteiger charge is -2.38. The van der Waals surface area contributed by atoms with E-state index in [2.05, 4.69) is 4.98 Å². The number of ether oxygens (including phenoxy) is 1. The number of rotatable bonds is 4. The Morgan fingerprint density at radius 1 is 1.27 bits per heavy atom. The molecule has 0 N–H and O–H groups in total. The van der Waals surface area contributed by atoms with Gasteiger partial charge in [-0.05, 0) is 23.6 Å². The average Bonchev–Trinajstić information content (AvgIpc) is 3.22. The van der Waals surface area contributed by atoms with E-state index in [1.54, 1.807) is 29.8 Å². The molecule has 0 spiro atoms. The zero-order chi connectivity index (χ0) is 18.7. The average molecular weight is 395 g/mol. The zero-order valence-electron chi connectivity index (χ0n) is 13.9. The number of amides is 1. The van der Waals surface area contributed by atoms with E-state index >= 15 is 0 Å². The molecule has 0 aliphatic carbocycles. The fourth-order valence-corrected chi connectivity index (χ4v) is 5.33. The number of nitrogens with zero attached hydrogens (tertiary/aromatic N) is 3. The number of hydrogen-bond acceptors (Lipinski definition) is 7. The van der Waals surface area contributed by atoms with Crippen molar-refractivity contribution in [2.24, 2.45) is 0 Å². The van der Waals surface area contributed by atoms with Gasteiger partial charge in [0.15, 0.2) is 0 Å². The summed E-state index contributed by atoms with van der Waals surface area (Å²) < 4.78 is 31.7. The molecule has 1 fully saturated rings. The molecule has 8 nitrogen and oxygen atoms in total. The lowest BCUT2D eigenvalue weighted by atomic mass is 10.1. The summed E-state index contributed by atoms with van der Waals surface area (Å²) in [5, 5.41) is 1.67. The number of pyridine rings is 1. The minimum atomic E-state index is -3.71. The lowest BCUT2D eigenvalue weighted by molar-refractivity contribution is -0.147. The first kappa shape index (κ1) is 18.5. The third-order valence-electron chi connectivity index (χ3n) is 4.07. The second-order valence-electron chi connectivity index (χ2n) is 5.57. The van der Waals surface area contributed by atoms with Crippen LogP contribution in [0.4, 0.5) is 0 Å². The lowest BCUT2D eigenvalue weighted by Crippen LogP contribution is -2.59. The summed E-state index contributed by atoms with van der Waals surface area (Å²) in [5.74, 6) is -1.05. The van der Waals surface area contributed by atoms with Gasteiger partial charge in [-0.1, -0.05) is 6.07 Å². The van der Waals surface area contributed by atoms with E-state index in [0.717, 1.165) is 11.3 Å². The Hall–Kier alpha value is -2.30. The van der Waals surface area contributed by atoms with Crippen LogP contribution in [-0.4, -0.2) is 67.3 Å². The number of aromatic nitrogens is 1. The fraction of sp³-hybridized carbons (Fsp3) is 0.312. The molecule has 1 amide bonds. The molecule has 1 unspecified atom stereocenters. The summed E-state index contributed by atoms with van der Waals surface area (Å²) >= 11 is 1.11. The SMILES string of the molecule is COC(=O)C1CN(S(=O)(=O)c2cccs2)CCN1C(=O)c1cccnc1. The summed E-state index contributed by atoms with van der Waals surface area (Å²) in [4.78, 5) is 30.2. The van der Waals surface area contributed by atoms with E-state index in [0.29, 0.717) is 5.56 Å². The summed E-state index contributed by atoms with van der Waals surface area (Å²) in [6.07, 6.45) is 2.95. The summed E-state index contributed by atoms with van der Waals surface area (Å²) in [7, 11) is -2.50. The smallest absolute Gasteiger partial charge is 0.329 e. The van der Waals surface area contributed by atoms with Gasteiger partial charge in [0.25, 0.3) is 15.9 Å². The van der Waals surface area contributed by atoms with Crippen molar-refractivity contribution in [1.29, 1.82) is 0 Å². The molecule has 138 valence electrons. The van der Waals surface area contributed by atoms with Crippen LogP contribution in [0.1, 0.15) is 10.4 Å². The van der Waals surface area contributed by atoms with Crippen molar-refractivity contribution in [2.75, 3.05) is 26.7 Å². The Bertz CT molecular complexity index is 884. The minimum Gasteiger partial charge on any atom is -0.467 e. The molecule has 3 heterocycles. The Morgan fingerprint density at radius 3 is 2.69 bits per heavy atom. The van der Waals surface area contributed by atoms with Crippen LogP contribution in [0.25, 0.3) is 0 Å². The van der Waals surface area contributed by atoms with Crippen molar-refractivity contribution in [2.45, 2.75) is 10.3 Å². The van der Waals surface area contributed by atoms with Crippen molar-refractivity contribution in [3.63, 3.8) is 0 Å². The number of carbonyl (C=O) groups excluding carboxylic acids is 2. The van der Waals surface area contributed by atoms with Crippen LogP contribution < -0.4 is 0 Å². The van der Waals surface area contributed by atoms with Gasteiger partial charge >= 0.3 is 5.97 Å². The number of carbonyl (C=O) groups is 2. The highest BCUT2D eigenvalue weighted by molar-refractivity contribution is 7.91. The molecule has 3 rings (SSSR count). The first-order valence-corrected chi connectivity index (χ1v) is 10.1. The molecule has 1 aliphatic rings. The van der Waals surface area contributed by atoms with E-state index in [-0.39, 0.29) is 29.8 Å². The molecule has 0 bridgehead atoms. The third kappa shape index (κ3) is 3.48. The molecule has 2 aromatic rings. The van der Waals surface area contributed by atoms with E-state index in [4.69, 9.17) is 4.74 Å². The summed E-state index contributed by atoms with van der Waals surface area (Å²) in [6.45, 7) is 0.0245. The second kappa shape index (κ2) is 7.52. The van der Waals surface area contributed by atoms with E-state index in [1.165, 1.54) is 28.6 Å². The van der Waals surface area contributed by atoms with Crippen molar-refractivity contribution >= 4 is 33.2 Å². The van der Waals surface area contributed by atoms with Crippen LogP contribution in [0.5, 0.6) is 0 Å². The van der Waals surface area contributed by atoms with Crippen molar-refractivity contribution in [1.82, 2.24) is 14.2 Å². The van der Waals surface area contributed by atoms with Crippen molar-refractivity contribution in [3.8, 4) is 0 Å². The number of methoxy groups -OCH3 is 1. The van der Waals surface area contributed by atoms with Gasteiger partial charge in [-0.2, -0.15) is 4.31 Å². The van der Waals surface area contributed by atoms with Crippen molar-refractivity contribution in [3.05, 3.63) is 47.6 Å². The molecule has 10 heteroatoms. The molecule has 2 aromatic heterocycles. The standard InChI is InChI=1S/C16H17N3O5S2/c1-24-16(21)13-11-18(26(22,23)14-5-3-9-25-14)7-8-19(13)15(20)12-4-2-6-17-10-12/h2-6,9-10,13H,7-8,11H2,1H3. The van der Waals surface area contributed by atoms with Crippen LogP contribution in [0.15, 0.2) is 46.2 Å². The fourth-order valence-electron chi connectivity index (χ4n) is 2.75. The molecule has 26 heavy (non-hydrogen) atoms. The molecule has 1 atom stereocenters. The number of hydrogen-bond donors (Lipinski definition) is 0. The van der Waals surface area contributed by atoms with Gasteiger partial charge in [-0.25, -0.2) is 13.2 Å². The van der Waals surface area contributed by atoms with Gasteiger partial charge in [-0.15, -0.1) is 11.3 Å². The van der Waals surface area contributed by atoms with Crippen LogP contribution >= 0.6 is 11.3 Å². The molecule has 1 aliphatic heterocycles. The van der Waals surface area contributed by atoms with Crippen LogP contribution in [0, 0.1) is 0 Å². The highest BCUT2D eigenvalue weighted by Crippen LogP contribution is 2.24. The molecular formula is C16H17N3O5S2. The van der Waals surface area contributed by atoms with Gasteiger partial charge < -0.3 is 9.64 Å². The number of esters is 1. The maximum absolute atomic E-state index is 12.7. The molecule has 1 saturated heterocycles. The quantitative estimate of drug-likeness (QED) is 0.712. The predicted octanol–water partition coefficient (Wildman–Crippen LogP) is 0.831. The largest absolute Gasteiger partial charge is 0.467 e. The normalized spacial score (nSPS) is 18.5. The highest BCUT2D eigenvalue weighted by Gasteiger charge is 2.41.